The second-order valence-corrected chi connectivity index (χ2v) is 4.30. The normalized spacial score (nSPS) is 10.3. The number of benzene rings is 1. The Morgan fingerprint density at radius 2 is 2.18 bits per heavy atom. The molecule has 0 aliphatic heterocycles. The summed E-state index contributed by atoms with van der Waals surface area (Å²) >= 11 is 3.34. The van der Waals surface area contributed by atoms with Crippen molar-refractivity contribution in [2.24, 2.45) is 5.73 Å². The first kappa shape index (κ1) is 12.0. The van der Waals surface area contributed by atoms with Crippen LogP contribution in [0, 0.1) is 5.82 Å². The molecule has 0 amide bonds. The number of rotatable bonds is 3. The molecule has 0 atom stereocenters. The molecule has 3 nitrogen and oxygen atoms in total. The van der Waals surface area contributed by atoms with Crippen LogP contribution in [-0.4, -0.2) is 4.98 Å². The highest BCUT2D eigenvalue weighted by Gasteiger charge is 2.07. The smallest absolute Gasteiger partial charge is 0.223 e. The second kappa shape index (κ2) is 5.25. The number of halogens is 2. The van der Waals surface area contributed by atoms with E-state index in [9.17, 15) is 4.39 Å². The first-order valence-corrected chi connectivity index (χ1v) is 5.76. The number of nitrogens with zero attached hydrogens (tertiary/aromatic N) is 1. The highest BCUT2D eigenvalue weighted by Crippen LogP contribution is 2.25. The van der Waals surface area contributed by atoms with Crippen molar-refractivity contribution >= 4 is 15.9 Å². The minimum Gasteiger partial charge on any atom is -0.439 e. The third-order valence-electron chi connectivity index (χ3n) is 2.12. The van der Waals surface area contributed by atoms with E-state index < -0.39 is 5.82 Å². The maximum Gasteiger partial charge on any atom is 0.223 e. The summed E-state index contributed by atoms with van der Waals surface area (Å²) in [6.07, 6.45) is 1.10. The molecule has 1 aromatic heterocycles. The molecule has 88 valence electrons. The van der Waals surface area contributed by atoms with Crippen LogP contribution in [-0.2, 0) is 6.54 Å². The van der Waals surface area contributed by atoms with Gasteiger partial charge in [-0.2, -0.15) is 0 Å². The summed E-state index contributed by atoms with van der Waals surface area (Å²) in [7, 11) is 0. The third kappa shape index (κ3) is 3.01. The Morgan fingerprint density at radius 1 is 1.35 bits per heavy atom. The molecule has 2 aromatic rings. The van der Waals surface area contributed by atoms with Crippen molar-refractivity contribution < 1.29 is 9.13 Å². The van der Waals surface area contributed by atoms with Crippen LogP contribution in [0.15, 0.2) is 41.0 Å². The monoisotopic (exact) mass is 296 g/mol. The SMILES string of the molecule is NCc1cc(F)cnc1Oc1cccc(Br)c1. The zero-order valence-electron chi connectivity index (χ0n) is 8.86. The maximum atomic E-state index is 13.0. The van der Waals surface area contributed by atoms with Gasteiger partial charge in [0.05, 0.1) is 6.20 Å². The fraction of sp³-hybridized carbons (Fsp3) is 0.0833. The molecule has 17 heavy (non-hydrogen) atoms. The molecule has 0 spiro atoms. The summed E-state index contributed by atoms with van der Waals surface area (Å²) in [5, 5.41) is 0. The van der Waals surface area contributed by atoms with E-state index in [-0.39, 0.29) is 6.54 Å². The fourth-order valence-electron chi connectivity index (χ4n) is 1.35. The Bertz CT molecular complexity index is 534. The number of nitrogens with two attached hydrogens (primary N) is 1. The summed E-state index contributed by atoms with van der Waals surface area (Å²) in [6.45, 7) is 0.175. The van der Waals surface area contributed by atoms with Crippen molar-refractivity contribution in [1.82, 2.24) is 4.98 Å². The molecule has 0 saturated heterocycles. The van der Waals surface area contributed by atoms with Gasteiger partial charge in [-0.25, -0.2) is 9.37 Å². The van der Waals surface area contributed by atoms with Gasteiger partial charge in [0.1, 0.15) is 11.6 Å². The molecule has 5 heteroatoms. The van der Waals surface area contributed by atoms with Gasteiger partial charge in [0.25, 0.3) is 0 Å². The van der Waals surface area contributed by atoms with Crippen molar-refractivity contribution in [3.63, 3.8) is 0 Å². The lowest BCUT2D eigenvalue weighted by atomic mass is 10.2. The minimum absolute atomic E-state index is 0.175. The molecule has 1 heterocycles. The molecule has 0 fully saturated rings. The Balaban J connectivity index is 2.29. The Kier molecular flexibility index (Phi) is 3.71. The Labute approximate surface area is 107 Å². The first-order valence-electron chi connectivity index (χ1n) is 4.97. The maximum absolute atomic E-state index is 13.0. The second-order valence-electron chi connectivity index (χ2n) is 3.38. The topological polar surface area (TPSA) is 48.1 Å². The largest absolute Gasteiger partial charge is 0.439 e. The van der Waals surface area contributed by atoms with Crippen LogP contribution in [0.1, 0.15) is 5.56 Å². The van der Waals surface area contributed by atoms with E-state index >= 15 is 0 Å². The molecule has 0 radical (unpaired) electrons. The van der Waals surface area contributed by atoms with Crippen LogP contribution < -0.4 is 10.5 Å². The van der Waals surface area contributed by atoms with Crippen molar-refractivity contribution in [3.8, 4) is 11.6 Å². The van der Waals surface area contributed by atoms with Crippen molar-refractivity contribution in [2.75, 3.05) is 0 Å². The van der Waals surface area contributed by atoms with Crippen LogP contribution in [0.25, 0.3) is 0 Å². The van der Waals surface area contributed by atoms with Gasteiger partial charge in [0.15, 0.2) is 0 Å². The number of hydrogen-bond acceptors (Lipinski definition) is 3. The zero-order chi connectivity index (χ0) is 12.3. The standard InChI is InChI=1S/C12H10BrFN2O/c13-9-2-1-3-11(5-9)17-12-8(6-15)4-10(14)7-16-12/h1-5,7H,6,15H2. The summed E-state index contributed by atoms with van der Waals surface area (Å²) < 4.78 is 19.4. The first-order chi connectivity index (χ1) is 8.19. The van der Waals surface area contributed by atoms with Crippen molar-refractivity contribution in [1.29, 1.82) is 0 Å². The van der Waals surface area contributed by atoms with Crippen LogP contribution >= 0.6 is 15.9 Å². The predicted octanol–water partition coefficient (Wildman–Crippen LogP) is 3.23. The van der Waals surface area contributed by atoms with Gasteiger partial charge in [-0.1, -0.05) is 22.0 Å². The fourth-order valence-corrected chi connectivity index (χ4v) is 1.73. The average Bonchev–Trinajstić information content (AvgIpc) is 2.31. The van der Waals surface area contributed by atoms with E-state index in [2.05, 4.69) is 20.9 Å². The van der Waals surface area contributed by atoms with E-state index in [1.54, 1.807) is 12.1 Å². The lowest BCUT2D eigenvalue weighted by molar-refractivity contribution is 0.452. The third-order valence-corrected chi connectivity index (χ3v) is 2.62. The quantitative estimate of drug-likeness (QED) is 0.946. The molecule has 0 saturated carbocycles. The average molecular weight is 297 g/mol. The molecule has 2 rings (SSSR count). The lowest BCUT2D eigenvalue weighted by Gasteiger charge is -2.08. The summed E-state index contributed by atoms with van der Waals surface area (Å²) in [4.78, 5) is 3.88. The van der Waals surface area contributed by atoms with Gasteiger partial charge in [0, 0.05) is 16.6 Å². The molecule has 2 N–H and O–H groups in total. The van der Waals surface area contributed by atoms with Gasteiger partial charge >= 0.3 is 0 Å². The van der Waals surface area contributed by atoms with Gasteiger partial charge in [-0.05, 0) is 24.3 Å². The van der Waals surface area contributed by atoms with Gasteiger partial charge in [0.2, 0.25) is 5.88 Å². The van der Waals surface area contributed by atoms with Crippen LogP contribution in [0.2, 0.25) is 0 Å². The van der Waals surface area contributed by atoms with Crippen molar-refractivity contribution in [3.05, 3.63) is 52.4 Å². The summed E-state index contributed by atoms with van der Waals surface area (Å²) in [5.74, 6) is 0.521. The number of hydrogen-bond donors (Lipinski definition) is 1. The van der Waals surface area contributed by atoms with Crippen LogP contribution in [0.3, 0.4) is 0 Å². The summed E-state index contributed by atoms with van der Waals surface area (Å²) in [5.41, 5.74) is 6.04. The Hall–Kier alpha value is -1.46. The van der Waals surface area contributed by atoms with Crippen LogP contribution in [0.4, 0.5) is 4.39 Å². The number of pyridine rings is 1. The molecule has 0 aliphatic rings. The lowest BCUT2D eigenvalue weighted by Crippen LogP contribution is -2.02. The van der Waals surface area contributed by atoms with E-state index in [0.717, 1.165) is 10.7 Å². The molecule has 1 aromatic carbocycles. The highest BCUT2D eigenvalue weighted by atomic mass is 79.9. The Morgan fingerprint density at radius 3 is 2.88 bits per heavy atom. The van der Waals surface area contributed by atoms with Crippen LogP contribution in [0.5, 0.6) is 11.6 Å². The van der Waals surface area contributed by atoms with E-state index in [0.29, 0.717) is 17.2 Å². The van der Waals surface area contributed by atoms with E-state index in [4.69, 9.17) is 10.5 Å². The number of ether oxygens (including phenoxy) is 1. The molecule has 0 unspecified atom stereocenters. The highest BCUT2D eigenvalue weighted by molar-refractivity contribution is 9.10. The zero-order valence-corrected chi connectivity index (χ0v) is 10.4. The molecule has 0 aliphatic carbocycles. The van der Waals surface area contributed by atoms with Gasteiger partial charge in [-0.15, -0.1) is 0 Å². The predicted molar refractivity (Wildman–Crippen MR) is 66.3 cm³/mol. The van der Waals surface area contributed by atoms with Gasteiger partial charge < -0.3 is 10.5 Å². The summed E-state index contributed by atoms with van der Waals surface area (Å²) in [6, 6.07) is 8.63. The molecular formula is C12H10BrFN2O. The minimum atomic E-state index is -0.424. The van der Waals surface area contributed by atoms with E-state index in [1.807, 2.05) is 12.1 Å². The molecule has 0 bridgehead atoms. The number of aromatic nitrogens is 1. The van der Waals surface area contributed by atoms with E-state index in [1.165, 1.54) is 6.07 Å². The van der Waals surface area contributed by atoms with Crippen molar-refractivity contribution in [2.45, 2.75) is 6.54 Å². The van der Waals surface area contributed by atoms with Gasteiger partial charge in [-0.3, -0.25) is 0 Å². The molecular weight excluding hydrogens is 287 g/mol.